The van der Waals surface area contributed by atoms with Gasteiger partial charge in [0.2, 0.25) is 5.78 Å². The Balaban J connectivity index is 1.38. The van der Waals surface area contributed by atoms with E-state index in [1.165, 1.54) is 30.5 Å². The minimum atomic E-state index is -1.40. The molecule has 0 radical (unpaired) electrons. The van der Waals surface area contributed by atoms with Crippen LogP contribution in [0.2, 0.25) is 0 Å². The molecule has 2 N–H and O–H groups in total. The van der Waals surface area contributed by atoms with E-state index >= 15 is 0 Å². The van der Waals surface area contributed by atoms with Crippen molar-refractivity contribution < 1.29 is 24.2 Å². The number of rotatable bonds is 8. The second kappa shape index (κ2) is 10.7. The van der Waals surface area contributed by atoms with E-state index in [9.17, 15) is 14.7 Å². The van der Waals surface area contributed by atoms with Gasteiger partial charge in [0.15, 0.2) is 17.9 Å². The fraction of sp³-hybridized carbons (Fsp3) is 0.346. The highest BCUT2D eigenvalue weighted by atomic mass is 16.5. The molecule has 0 aliphatic carbocycles. The zero-order chi connectivity index (χ0) is 26.8. The number of pyridine rings is 1. The summed E-state index contributed by atoms with van der Waals surface area (Å²) >= 11 is 0. The molecular weight excluding hydrogens is 490 g/mol. The van der Waals surface area contributed by atoms with Crippen LogP contribution in [-0.2, 0) is 11.3 Å². The molecular formula is C26H29N7O5. The average molecular weight is 520 g/mol. The van der Waals surface area contributed by atoms with Crippen LogP contribution in [0.3, 0.4) is 0 Å². The van der Waals surface area contributed by atoms with E-state index in [0.29, 0.717) is 53.5 Å². The molecule has 0 saturated carbocycles. The Labute approximate surface area is 218 Å². The molecule has 12 heteroatoms. The van der Waals surface area contributed by atoms with Crippen molar-refractivity contribution in [2.75, 3.05) is 33.9 Å². The van der Waals surface area contributed by atoms with Gasteiger partial charge in [0, 0.05) is 44.5 Å². The highest BCUT2D eigenvalue weighted by molar-refractivity contribution is 6.12. The zero-order valence-electron chi connectivity index (χ0n) is 21.4. The minimum Gasteiger partial charge on any atom is -0.494 e. The molecule has 0 spiro atoms. The number of fused-ring (bicyclic) bond motifs is 1. The van der Waals surface area contributed by atoms with Crippen LogP contribution in [0.5, 0.6) is 5.75 Å². The molecule has 1 aliphatic heterocycles. The smallest absolute Gasteiger partial charge is 0.254 e. The molecule has 1 saturated heterocycles. The summed E-state index contributed by atoms with van der Waals surface area (Å²) < 4.78 is 12.1. The SMILES string of the molecule is COCc1ncn(-c2ncc(OC)c3c(C(=O)C(O)N4CCN(C(=O)c5ccccc5)[C@H](C)C4)c[nH]c23)n1. The van der Waals surface area contributed by atoms with Crippen molar-refractivity contribution >= 4 is 22.6 Å². The lowest BCUT2D eigenvalue weighted by atomic mass is 10.1. The summed E-state index contributed by atoms with van der Waals surface area (Å²) in [5.41, 5.74) is 1.39. The van der Waals surface area contributed by atoms with Crippen LogP contribution in [0.25, 0.3) is 16.7 Å². The topological polar surface area (TPSA) is 139 Å². The summed E-state index contributed by atoms with van der Waals surface area (Å²) in [7, 11) is 3.05. The Morgan fingerprint density at radius 3 is 2.68 bits per heavy atom. The number of hydrogen-bond acceptors (Lipinski definition) is 9. The van der Waals surface area contributed by atoms with Gasteiger partial charge in [-0.15, -0.1) is 5.10 Å². The highest BCUT2D eigenvalue weighted by Crippen LogP contribution is 2.32. The summed E-state index contributed by atoms with van der Waals surface area (Å²) in [6.45, 7) is 3.24. The fourth-order valence-electron chi connectivity index (χ4n) is 4.78. The predicted octanol–water partition coefficient (Wildman–Crippen LogP) is 1.65. The molecule has 1 aromatic carbocycles. The minimum absolute atomic E-state index is 0.0678. The van der Waals surface area contributed by atoms with E-state index in [-0.39, 0.29) is 24.1 Å². The maximum absolute atomic E-state index is 13.5. The molecule has 4 aromatic rings. The molecule has 1 aliphatic rings. The molecule has 1 fully saturated rings. The lowest BCUT2D eigenvalue weighted by Crippen LogP contribution is -2.57. The van der Waals surface area contributed by atoms with Crippen molar-refractivity contribution in [1.29, 1.82) is 0 Å². The monoisotopic (exact) mass is 519 g/mol. The number of piperazine rings is 1. The number of aliphatic hydroxyl groups excluding tert-OH is 1. The van der Waals surface area contributed by atoms with Gasteiger partial charge in [-0.05, 0) is 19.1 Å². The first-order chi connectivity index (χ1) is 18.4. The Kier molecular flexibility index (Phi) is 7.18. The summed E-state index contributed by atoms with van der Waals surface area (Å²) in [6.07, 6.45) is 3.15. The van der Waals surface area contributed by atoms with Crippen molar-refractivity contribution in [3.05, 3.63) is 66.0 Å². The van der Waals surface area contributed by atoms with Gasteiger partial charge in [0.05, 0.1) is 29.8 Å². The summed E-state index contributed by atoms with van der Waals surface area (Å²) in [5.74, 6) is 0.730. The van der Waals surface area contributed by atoms with E-state index in [2.05, 4.69) is 20.1 Å². The molecule has 0 bridgehead atoms. The number of hydrogen-bond donors (Lipinski definition) is 2. The third-order valence-corrected chi connectivity index (χ3v) is 6.69. The number of ketones is 1. The maximum Gasteiger partial charge on any atom is 0.254 e. The van der Waals surface area contributed by atoms with Crippen LogP contribution in [0.15, 0.2) is 49.1 Å². The first-order valence-electron chi connectivity index (χ1n) is 12.2. The molecule has 2 atom stereocenters. The van der Waals surface area contributed by atoms with Gasteiger partial charge in [0.1, 0.15) is 18.7 Å². The zero-order valence-corrected chi connectivity index (χ0v) is 21.4. The first-order valence-corrected chi connectivity index (χ1v) is 12.2. The number of aliphatic hydroxyl groups is 1. The van der Waals surface area contributed by atoms with Crippen LogP contribution in [0.4, 0.5) is 0 Å². The molecule has 12 nitrogen and oxygen atoms in total. The number of amides is 1. The molecule has 5 rings (SSSR count). The number of nitrogens with zero attached hydrogens (tertiary/aromatic N) is 6. The maximum atomic E-state index is 13.5. The second-order valence-corrected chi connectivity index (χ2v) is 9.09. The average Bonchev–Trinajstić information content (AvgIpc) is 3.60. The lowest BCUT2D eigenvalue weighted by Gasteiger charge is -2.41. The summed E-state index contributed by atoms with van der Waals surface area (Å²) in [4.78, 5) is 41.7. The van der Waals surface area contributed by atoms with E-state index < -0.39 is 12.0 Å². The number of ether oxygens (including phenoxy) is 2. The number of carbonyl (C=O) groups excluding carboxylic acids is 2. The van der Waals surface area contributed by atoms with Gasteiger partial charge in [-0.3, -0.25) is 14.5 Å². The molecule has 1 unspecified atom stereocenters. The summed E-state index contributed by atoms with van der Waals surface area (Å²) in [6, 6.07) is 8.89. The van der Waals surface area contributed by atoms with Crippen molar-refractivity contribution in [2.45, 2.75) is 25.8 Å². The van der Waals surface area contributed by atoms with Gasteiger partial charge in [-0.1, -0.05) is 18.2 Å². The number of aromatic nitrogens is 5. The number of nitrogens with one attached hydrogen (secondary N) is 1. The van der Waals surface area contributed by atoms with Gasteiger partial charge in [-0.25, -0.2) is 14.6 Å². The molecule has 38 heavy (non-hydrogen) atoms. The van der Waals surface area contributed by atoms with Crippen molar-refractivity contribution in [3.63, 3.8) is 0 Å². The standard InChI is InChI=1S/C26H29N7O5/c1-16-13-31(9-10-32(16)25(35)17-7-5-4-6-8-17)26(36)23(34)18-11-27-22-21(18)19(38-3)12-28-24(22)33-15-29-20(30-33)14-37-2/h4-8,11-12,15-16,26-27,36H,9-10,13-14H2,1-3H3/t16-,26?/m1/s1. The van der Waals surface area contributed by atoms with Gasteiger partial charge in [-0.2, -0.15) is 0 Å². The second-order valence-electron chi connectivity index (χ2n) is 9.09. The van der Waals surface area contributed by atoms with Gasteiger partial charge >= 0.3 is 0 Å². The van der Waals surface area contributed by atoms with Crippen LogP contribution in [-0.4, -0.2) is 97.5 Å². The third-order valence-electron chi connectivity index (χ3n) is 6.69. The molecule has 1 amide bonds. The van der Waals surface area contributed by atoms with Crippen LogP contribution < -0.4 is 4.74 Å². The van der Waals surface area contributed by atoms with Gasteiger partial charge < -0.3 is 24.5 Å². The highest BCUT2D eigenvalue weighted by Gasteiger charge is 2.35. The summed E-state index contributed by atoms with van der Waals surface area (Å²) in [5, 5.41) is 16.0. The number of benzene rings is 1. The van der Waals surface area contributed by atoms with E-state index in [1.54, 1.807) is 29.0 Å². The first kappa shape index (κ1) is 25.5. The number of aromatic amines is 1. The Hall–Kier alpha value is -4.13. The molecule has 4 heterocycles. The fourth-order valence-corrected chi connectivity index (χ4v) is 4.78. The number of H-pyrrole nitrogens is 1. The molecule has 3 aromatic heterocycles. The number of carbonyl (C=O) groups is 2. The molecule has 198 valence electrons. The largest absolute Gasteiger partial charge is 0.494 e. The normalized spacial score (nSPS) is 17.1. The Bertz CT molecular complexity index is 1450. The van der Waals surface area contributed by atoms with E-state index in [0.717, 1.165) is 0 Å². The number of methoxy groups -OCH3 is 2. The Morgan fingerprint density at radius 2 is 1.97 bits per heavy atom. The van der Waals surface area contributed by atoms with E-state index in [4.69, 9.17) is 9.47 Å². The van der Waals surface area contributed by atoms with Crippen molar-refractivity contribution in [3.8, 4) is 11.6 Å². The third kappa shape index (κ3) is 4.64. The van der Waals surface area contributed by atoms with Crippen molar-refractivity contribution in [1.82, 2.24) is 34.5 Å². The van der Waals surface area contributed by atoms with Gasteiger partial charge in [0.25, 0.3) is 5.91 Å². The quantitative estimate of drug-likeness (QED) is 0.333. The van der Waals surface area contributed by atoms with E-state index in [1.807, 2.05) is 25.1 Å². The van der Waals surface area contributed by atoms with Crippen LogP contribution >= 0.6 is 0 Å². The lowest BCUT2D eigenvalue weighted by molar-refractivity contribution is -0.0224. The predicted molar refractivity (Wildman–Crippen MR) is 137 cm³/mol. The number of Topliss-reactive ketones (excluding diaryl/α,β-unsaturated/α-hetero) is 1. The Morgan fingerprint density at radius 1 is 1.18 bits per heavy atom. The van der Waals surface area contributed by atoms with Crippen LogP contribution in [0.1, 0.15) is 33.5 Å². The van der Waals surface area contributed by atoms with Crippen LogP contribution in [0, 0.1) is 0 Å². The van der Waals surface area contributed by atoms with Crippen molar-refractivity contribution in [2.24, 2.45) is 0 Å².